The Morgan fingerprint density at radius 3 is 2.86 bits per heavy atom. The Balaban J connectivity index is 2.19. The quantitative estimate of drug-likeness (QED) is 0.693. The van der Waals surface area contributed by atoms with Crippen molar-refractivity contribution in [3.63, 3.8) is 0 Å². The van der Waals surface area contributed by atoms with Crippen LogP contribution < -0.4 is 5.32 Å². The van der Waals surface area contributed by atoms with Gasteiger partial charge in [0.2, 0.25) is 5.13 Å². The zero-order valence-corrected chi connectivity index (χ0v) is 12.7. The van der Waals surface area contributed by atoms with Gasteiger partial charge in [-0.05, 0) is 24.1 Å². The Morgan fingerprint density at radius 1 is 1.48 bits per heavy atom. The van der Waals surface area contributed by atoms with Crippen molar-refractivity contribution in [1.29, 1.82) is 5.26 Å². The monoisotopic (exact) mass is 318 g/mol. The molecule has 106 valence electrons. The van der Waals surface area contributed by atoms with Crippen molar-refractivity contribution in [3.05, 3.63) is 45.4 Å². The van der Waals surface area contributed by atoms with Crippen LogP contribution in [0.1, 0.15) is 17.5 Å². The van der Waals surface area contributed by atoms with Gasteiger partial charge in [0.15, 0.2) is 0 Å². The summed E-state index contributed by atoms with van der Waals surface area (Å²) in [5.74, 6) is -0.531. The third kappa shape index (κ3) is 3.88. The highest BCUT2D eigenvalue weighted by Gasteiger charge is 2.13. The highest BCUT2D eigenvalue weighted by Crippen LogP contribution is 2.20. The van der Waals surface area contributed by atoms with Crippen molar-refractivity contribution in [2.75, 3.05) is 5.32 Å². The van der Waals surface area contributed by atoms with Crippen LogP contribution in [-0.2, 0) is 11.2 Å². The molecule has 7 heteroatoms. The summed E-state index contributed by atoms with van der Waals surface area (Å²) in [6.07, 6.45) is 2.19. The topological polar surface area (TPSA) is 78.7 Å². The maximum absolute atomic E-state index is 12.1. The van der Waals surface area contributed by atoms with Gasteiger partial charge < -0.3 is 0 Å². The summed E-state index contributed by atoms with van der Waals surface area (Å²) in [6, 6.07) is 8.85. The van der Waals surface area contributed by atoms with Gasteiger partial charge in [-0.2, -0.15) is 5.26 Å². The van der Waals surface area contributed by atoms with E-state index in [4.69, 9.17) is 16.9 Å². The molecule has 1 aromatic carbocycles. The molecule has 0 saturated carbocycles. The summed E-state index contributed by atoms with van der Waals surface area (Å²) < 4.78 is 0. The number of nitrogens with one attached hydrogen (secondary N) is 1. The number of hydrogen-bond acceptors (Lipinski definition) is 5. The molecule has 21 heavy (non-hydrogen) atoms. The molecule has 0 saturated heterocycles. The molecule has 0 aliphatic carbocycles. The standard InChI is InChI=1S/C14H11ClN4OS/c1-2-12-18-19-14(21-12)17-13(20)10(8-16)7-9-5-3-4-6-11(9)15/h3-7H,2H2,1H3,(H,17,19,20)/b10-7+. The number of carbonyl (C=O) groups is 1. The van der Waals surface area contributed by atoms with Crippen LogP contribution in [0.4, 0.5) is 5.13 Å². The zero-order valence-electron chi connectivity index (χ0n) is 11.1. The number of halogens is 1. The molecule has 0 unspecified atom stereocenters. The molecular weight excluding hydrogens is 308 g/mol. The van der Waals surface area contributed by atoms with E-state index in [9.17, 15) is 4.79 Å². The number of anilines is 1. The molecule has 0 aliphatic heterocycles. The Morgan fingerprint density at radius 2 is 2.24 bits per heavy atom. The van der Waals surface area contributed by atoms with Gasteiger partial charge in [-0.1, -0.05) is 48.1 Å². The van der Waals surface area contributed by atoms with Gasteiger partial charge >= 0.3 is 0 Å². The average Bonchev–Trinajstić information content (AvgIpc) is 2.94. The van der Waals surface area contributed by atoms with Crippen molar-refractivity contribution in [2.24, 2.45) is 0 Å². The van der Waals surface area contributed by atoms with E-state index in [-0.39, 0.29) is 5.57 Å². The third-order valence-electron chi connectivity index (χ3n) is 2.56. The van der Waals surface area contributed by atoms with E-state index in [0.717, 1.165) is 11.4 Å². The molecular formula is C14H11ClN4OS. The normalized spacial score (nSPS) is 11.0. The Bertz CT molecular complexity index is 733. The van der Waals surface area contributed by atoms with Crippen LogP contribution in [0.25, 0.3) is 6.08 Å². The van der Waals surface area contributed by atoms with Gasteiger partial charge in [0.05, 0.1) is 0 Å². The van der Waals surface area contributed by atoms with Crippen LogP contribution in [0.5, 0.6) is 0 Å². The predicted octanol–water partition coefficient (Wildman–Crippen LogP) is 3.30. The molecule has 2 rings (SSSR count). The number of nitrogens with zero attached hydrogens (tertiary/aromatic N) is 3. The van der Waals surface area contributed by atoms with Crippen LogP contribution in [0, 0.1) is 11.3 Å². The predicted molar refractivity (Wildman–Crippen MR) is 83.0 cm³/mol. The Hall–Kier alpha value is -2.23. The van der Waals surface area contributed by atoms with Crippen LogP contribution in [-0.4, -0.2) is 16.1 Å². The molecule has 1 heterocycles. The van der Waals surface area contributed by atoms with Gasteiger partial charge in [-0.15, -0.1) is 10.2 Å². The van der Waals surface area contributed by atoms with Crippen molar-refractivity contribution in [2.45, 2.75) is 13.3 Å². The van der Waals surface area contributed by atoms with E-state index in [1.165, 1.54) is 17.4 Å². The SMILES string of the molecule is CCc1nnc(NC(=O)/C(C#N)=C/c2ccccc2Cl)s1. The number of aromatic nitrogens is 2. The molecule has 0 fully saturated rings. The number of benzene rings is 1. The van der Waals surface area contributed by atoms with Crippen molar-refractivity contribution >= 4 is 40.1 Å². The number of nitriles is 1. The highest BCUT2D eigenvalue weighted by molar-refractivity contribution is 7.15. The first-order valence-electron chi connectivity index (χ1n) is 6.14. The van der Waals surface area contributed by atoms with Gasteiger partial charge in [0, 0.05) is 5.02 Å². The minimum atomic E-state index is -0.531. The average molecular weight is 319 g/mol. The lowest BCUT2D eigenvalue weighted by Gasteiger charge is -2.01. The van der Waals surface area contributed by atoms with Gasteiger partial charge in [0.1, 0.15) is 16.6 Å². The maximum atomic E-state index is 12.1. The molecule has 1 amide bonds. The van der Waals surface area contributed by atoms with Crippen molar-refractivity contribution in [3.8, 4) is 6.07 Å². The maximum Gasteiger partial charge on any atom is 0.268 e. The van der Waals surface area contributed by atoms with E-state index < -0.39 is 5.91 Å². The number of hydrogen-bond donors (Lipinski definition) is 1. The van der Waals surface area contributed by atoms with Crippen LogP contribution >= 0.6 is 22.9 Å². The lowest BCUT2D eigenvalue weighted by atomic mass is 10.1. The summed E-state index contributed by atoms with van der Waals surface area (Å²) >= 11 is 7.29. The molecule has 2 aromatic rings. The van der Waals surface area contributed by atoms with Gasteiger partial charge in [0.25, 0.3) is 5.91 Å². The lowest BCUT2D eigenvalue weighted by molar-refractivity contribution is -0.112. The fraction of sp³-hybridized carbons (Fsp3) is 0.143. The number of rotatable bonds is 4. The summed E-state index contributed by atoms with van der Waals surface area (Å²) in [5.41, 5.74) is 0.564. The fourth-order valence-corrected chi connectivity index (χ4v) is 2.37. The summed E-state index contributed by atoms with van der Waals surface area (Å²) in [5, 5.41) is 21.1. The molecule has 0 spiro atoms. The van der Waals surface area contributed by atoms with E-state index in [1.54, 1.807) is 24.3 Å². The van der Waals surface area contributed by atoms with Crippen molar-refractivity contribution < 1.29 is 4.79 Å². The first-order chi connectivity index (χ1) is 10.1. The molecule has 0 radical (unpaired) electrons. The highest BCUT2D eigenvalue weighted by atomic mass is 35.5. The largest absolute Gasteiger partial charge is 0.296 e. The molecule has 1 aromatic heterocycles. The fourth-order valence-electron chi connectivity index (χ4n) is 1.51. The summed E-state index contributed by atoms with van der Waals surface area (Å²) in [6.45, 7) is 1.95. The number of carbonyl (C=O) groups excluding carboxylic acids is 1. The molecule has 5 nitrogen and oxygen atoms in total. The second-order valence-electron chi connectivity index (χ2n) is 4.00. The third-order valence-corrected chi connectivity index (χ3v) is 3.89. The summed E-state index contributed by atoms with van der Waals surface area (Å²) in [7, 11) is 0. The Kier molecular flexibility index (Phi) is 5.04. The lowest BCUT2D eigenvalue weighted by Crippen LogP contribution is -2.13. The minimum absolute atomic E-state index is 0.0450. The Labute approximate surface area is 130 Å². The second-order valence-corrected chi connectivity index (χ2v) is 5.47. The van der Waals surface area contributed by atoms with Crippen LogP contribution in [0.3, 0.4) is 0 Å². The molecule has 0 bridgehead atoms. The van der Waals surface area contributed by atoms with Crippen LogP contribution in [0.15, 0.2) is 29.8 Å². The summed E-state index contributed by atoms with van der Waals surface area (Å²) in [4.78, 5) is 12.1. The van der Waals surface area contributed by atoms with Gasteiger partial charge in [-0.3, -0.25) is 10.1 Å². The minimum Gasteiger partial charge on any atom is -0.296 e. The zero-order chi connectivity index (χ0) is 15.2. The van der Waals surface area contributed by atoms with Gasteiger partial charge in [-0.25, -0.2) is 0 Å². The van der Waals surface area contributed by atoms with E-state index in [2.05, 4.69) is 15.5 Å². The van der Waals surface area contributed by atoms with E-state index >= 15 is 0 Å². The number of aryl methyl sites for hydroxylation is 1. The molecule has 0 atom stereocenters. The van der Waals surface area contributed by atoms with Crippen molar-refractivity contribution in [1.82, 2.24) is 10.2 Å². The molecule has 0 aliphatic rings. The second kappa shape index (κ2) is 6.97. The van der Waals surface area contributed by atoms with Crippen LogP contribution in [0.2, 0.25) is 5.02 Å². The van der Waals surface area contributed by atoms with E-state index in [1.807, 2.05) is 13.0 Å². The first-order valence-corrected chi connectivity index (χ1v) is 7.33. The first kappa shape index (κ1) is 15.2. The van der Waals surface area contributed by atoms with E-state index in [0.29, 0.717) is 15.7 Å². The molecule has 1 N–H and O–H groups in total. The number of amides is 1. The smallest absolute Gasteiger partial charge is 0.268 e.